The van der Waals surface area contributed by atoms with Crippen LogP contribution in [0.2, 0.25) is 0 Å². The van der Waals surface area contributed by atoms with Crippen LogP contribution in [-0.4, -0.2) is 10.9 Å². The zero-order valence-corrected chi connectivity index (χ0v) is 9.60. The van der Waals surface area contributed by atoms with Crippen molar-refractivity contribution in [2.45, 2.75) is 20.3 Å². The quantitative estimate of drug-likeness (QED) is 0.718. The molecule has 2 nitrogen and oxygen atoms in total. The predicted octanol–water partition coefficient (Wildman–Crippen LogP) is 3.16. The summed E-state index contributed by atoms with van der Waals surface area (Å²) >= 11 is 0. The van der Waals surface area contributed by atoms with Gasteiger partial charge in [0.2, 0.25) is 0 Å². The molecule has 0 radical (unpaired) electrons. The maximum atomic E-state index is 10.9. The van der Waals surface area contributed by atoms with Crippen LogP contribution in [0.4, 0.5) is 0 Å². The third-order valence-electron chi connectivity index (χ3n) is 2.83. The van der Waals surface area contributed by atoms with Crippen molar-refractivity contribution in [3.05, 3.63) is 53.3 Å². The topological polar surface area (TPSA) is 22.0 Å². The van der Waals surface area contributed by atoms with E-state index in [4.69, 9.17) is 0 Å². The molecule has 0 unspecified atom stereocenters. The van der Waals surface area contributed by atoms with Gasteiger partial charge in [0.1, 0.15) is 0 Å². The molecule has 0 saturated heterocycles. The standard InChI is InChI=1S/C14H15NO/c1-3-12-5-8-13(9-6-12)15-11(2)4-7-14(15)10-16/h4-10H,3H2,1-2H3. The minimum absolute atomic E-state index is 0.696. The summed E-state index contributed by atoms with van der Waals surface area (Å²) in [7, 11) is 0. The molecule has 0 bridgehead atoms. The molecule has 2 aromatic rings. The van der Waals surface area contributed by atoms with Crippen molar-refractivity contribution in [3.63, 3.8) is 0 Å². The van der Waals surface area contributed by atoms with Crippen molar-refractivity contribution >= 4 is 6.29 Å². The van der Waals surface area contributed by atoms with Crippen molar-refractivity contribution in [2.24, 2.45) is 0 Å². The first-order chi connectivity index (χ1) is 7.76. The number of hydrogen-bond acceptors (Lipinski definition) is 1. The average Bonchev–Trinajstić information content (AvgIpc) is 2.70. The lowest BCUT2D eigenvalue weighted by atomic mass is 10.1. The van der Waals surface area contributed by atoms with Crippen molar-refractivity contribution in [2.75, 3.05) is 0 Å². The molecule has 1 heterocycles. The Labute approximate surface area is 95.5 Å². The smallest absolute Gasteiger partial charge is 0.166 e. The highest BCUT2D eigenvalue weighted by Gasteiger charge is 2.05. The lowest BCUT2D eigenvalue weighted by Gasteiger charge is -2.09. The van der Waals surface area contributed by atoms with Crippen molar-refractivity contribution in [3.8, 4) is 5.69 Å². The van der Waals surface area contributed by atoms with Crippen LogP contribution in [0.25, 0.3) is 5.69 Å². The second kappa shape index (κ2) is 4.35. The van der Waals surface area contributed by atoms with Gasteiger partial charge < -0.3 is 4.57 Å². The predicted molar refractivity (Wildman–Crippen MR) is 65.3 cm³/mol. The highest BCUT2D eigenvalue weighted by atomic mass is 16.1. The number of aryl methyl sites for hydroxylation is 2. The molecule has 1 aromatic heterocycles. The Morgan fingerprint density at radius 3 is 2.38 bits per heavy atom. The van der Waals surface area contributed by atoms with Gasteiger partial charge in [-0.05, 0) is 43.2 Å². The molecule has 0 saturated carbocycles. The SMILES string of the molecule is CCc1ccc(-n2c(C)ccc2C=O)cc1. The molecule has 0 fully saturated rings. The number of carbonyl (C=O) groups excluding carboxylic acids is 1. The Kier molecular flexibility index (Phi) is 2.91. The molecular weight excluding hydrogens is 198 g/mol. The van der Waals surface area contributed by atoms with Crippen LogP contribution in [0, 0.1) is 6.92 Å². The number of benzene rings is 1. The van der Waals surface area contributed by atoms with E-state index < -0.39 is 0 Å². The van der Waals surface area contributed by atoms with Gasteiger partial charge >= 0.3 is 0 Å². The fourth-order valence-electron chi connectivity index (χ4n) is 1.88. The second-order valence-electron chi connectivity index (χ2n) is 3.87. The minimum Gasteiger partial charge on any atom is -0.311 e. The summed E-state index contributed by atoms with van der Waals surface area (Å²) in [6.45, 7) is 4.13. The monoisotopic (exact) mass is 213 g/mol. The molecule has 16 heavy (non-hydrogen) atoms. The summed E-state index contributed by atoms with van der Waals surface area (Å²) < 4.78 is 1.96. The number of hydrogen-bond donors (Lipinski definition) is 0. The Morgan fingerprint density at radius 2 is 1.81 bits per heavy atom. The molecule has 0 aliphatic rings. The first kappa shape index (κ1) is 10.7. The van der Waals surface area contributed by atoms with Gasteiger partial charge in [-0.15, -0.1) is 0 Å². The highest BCUT2D eigenvalue weighted by molar-refractivity contribution is 5.74. The van der Waals surface area contributed by atoms with Crippen molar-refractivity contribution < 1.29 is 4.79 Å². The van der Waals surface area contributed by atoms with E-state index in [0.717, 1.165) is 24.1 Å². The van der Waals surface area contributed by atoms with Gasteiger partial charge in [-0.3, -0.25) is 4.79 Å². The van der Waals surface area contributed by atoms with E-state index in [-0.39, 0.29) is 0 Å². The fraction of sp³-hybridized carbons (Fsp3) is 0.214. The van der Waals surface area contributed by atoms with Gasteiger partial charge in [-0.2, -0.15) is 0 Å². The molecule has 82 valence electrons. The number of aromatic nitrogens is 1. The molecule has 0 atom stereocenters. The van der Waals surface area contributed by atoms with Gasteiger partial charge in [0.15, 0.2) is 6.29 Å². The van der Waals surface area contributed by atoms with Crippen LogP contribution in [0.3, 0.4) is 0 Å². The van der Waals surface area contributed by atoms with E-state index in [9.17, 15) is 4.79 Å². The fourth-order valence-corrected chi connectivity index (χ4v) is 1.88. The second-order valence-corrected chi connectivity index (χ2v) is 3.87. The Morgan fingerprint density at radius 1 is 1.12 bits per heavy atom. The van der Waals surface area contributed by atoms with Crippen molar-refractivity contribution in [1.29, 1.82) is 0 Å². The van der Waals surface area contributed by atoms with Crippen LogP contribution in [0.15, 0.2) is 36.4 Å². The molecule has 0 N–H and O–H groups in total. The molecule has 0 amide bonds. The first-order valence-corrected chi connectivity index (χ1v) is 5.49. The first-order valence-electron chi connectivity index (χ1n) is 5.49. The Bertz CT molecular complexity index is 494. The zero-order valence-electron chi connectivity index (χ0n) is 9.60. The van der Waals surface area contributed by atoms with Crippen LogP contribution < -0.4 is 0 Å². The third kappa shape index (κ3) is 1.78. The molecule has 2 rings (SSSR count). The van der Waals surface area contributed by atoms with Gasteiger partial charge in [-0.1, -0.05) is 19.1 Å². The molecule has 0 spiro atoms. The summed E-state index contributed by atoms with van der Waals surface area (Å²) in [6.07, 6.45) is 1.92. The molecule has 0 aliphatic heterocycles. The average molecular weight is 213 g/mol. The Balaban J connectivity index is 2.49. The molecule has 2 heteroatoms. The molecule has 1 aromatic carbocycles. The lowest BCUT2D eigenvalue weighted by Crippen LogP contribution is -2.00. The summed E-state index contributed by atoms with van der Waals surface area (Å²) in [5, 5.41) is 0. The normalized spacial score (nSPS) is 10.4. The zero-order chi connectivity index (χ0) is 11.5. The summed E-state index contributed by atoms with van der Waals surface area (Å²) in [5.41, 5.74) is 4.12. The minimum atomic E-state index is 0.696. The van der Waals surface area contributed by atoms with Crippen LogP contribution >= 0.6 is 0 Å². The third-order valence-corrected chi connectivity index (χ3v) is 2.83. The van der Waals surface area contributed by atoms with Gasteiger partial charge in [0.05, 0.1) is 5.69 Å². The summed E-state index contributed by atoms with van der Waals surface area (Å²) in [4.78, 5) is 10.9. The highest BCUT2D eigenvalue weighted by Crippen LogP contribution is 2.16. The number of aldehydes is 1. The molecular formula is C14H15NO. The number of rotatable bonds is 3. The number of nitrogens with zero attached hydrogens (tertiary/aromatic N) is 1. The largest absolute Gasteiger partial charge is 0.311 e. The van der Waals surface area contributed by atoms with Crippen LogP contribution in [0.1, 0.15) is 28.7 Å². The van der Waals surface area contributed by atoms with Gasteiger partial charge in [0.25, 0.3) is 0 Å². The van der Waals surface area contributed by atoms with Crippen molar-refractivity contribution in [1.82, 2.24) is 4.57 Å². The van der Waals surface area contributed by atoms with E-state index in [1.54, 1.807) is 0 Å². The van der Waals surface area contributed by atoms with E-state index in [0.29, 0.717) is 5.69 Å². The number of carbonyl (C=O) groups is 1. The maximum absolute atomic E-state index is 10.9. The van der Waals surface area contributed by atoms with Crippen LogP contribution in [-0.2, 0) is 6.42 Å². The van der Waals surface area contributed by atoms with E-state index >= 15 is 0 Å². The van der Waals surface area contributed by atoms with E-state index in [2.05, 4.69) is 31.2 Å². The van der Waals surface area contributed by atoms with E-state index in [1.165, 1.54) is 5.56 Å². The summed E-state index contributed by atoms with van der Waals surface area (Å²) in [5.74, 6) is 0. The van der Waals surface area contributed by atoms with E-state index in [1.807, 2.05) is 23.6 Å². The van der Waals surface area contributed by atoms with Gasteiger partial charge in [-0.25, -0.2) is 0 Å². The molecule has 0 aliphatic carbocycles. The summed E-state index contributed by atoms with van der Waals surface area (Å²) in [6, 6.07) is 12.1. The lowest BCUT2D eigenvalue weighted by molar-refractivity contribution is 0.111. The van der Waals surface area contributed by atoms with Crippen LogP contribution in [0.5, 0.6) is 0 Å². The maximum Gasteiger partial charge on any atom is 0.166 e. The Hall–Kier alpha value is -1.83. The van der Waals surface area contributed by atoms with Gasteiger partial charge in [0, 0.05) is 11.4 Å².